The highest BCUT2D eigenvalue weighted by molar-refractivity contribution is 8.02. The summed E-state index contributed by atoms with van der Waals surface area (Å²) in [6, 6.07) is 9.57. The van der Waals surface area contributed by atoms with Gasteiger partial charge in [0.05, 0.1) is 0 Å². The number of hydrogen-bond acceptors (Lipinski definition) is 4. The van der Waals surface area contributed by atoms with Gasteiger partial charge in [0, 0.05) is 23.0 Å². The van der Waals surface area contributed by atoms with E-state index in [1.54, 1.807) is 11.8 Å². The predicted molar refractivity (Wildman–Crippen MR) is 75.5 cm³/mol. The van der Waals surface area contributed by atoms with E-state index in [2.05, 4.69) is 12.1 Å². The molecule has 17 heavy (non-hydrogen) atoms. The Balaban J connectivity index is 2.00. The average molecular weight is 271 g/mol. The topological polar surface area (TPSA) is 63.3 Å². The number of thioether (sulfide) groups is 2. The maximum absolute atomic E-state index is 10.5. The Morgan fingerprint density at radius 2 is 1.88 bits per heavy atom. The molecule has 1 atom stereocenters. The van der Waals surface area contributed by atoms with Crippen LogP contribution in [0.15, 0.2) is 30.3 Å². The number of carbonyl (C=O) groups is 1. The molecule has 1 aromatic carbocycles. The summed E-state index contributed by atoms with van der Waals surface area (Å²) in [6.07, 6.45) is 0. The number of rotatable bonds is 8. The number of aliphatic carboxylic acids is 1. The van der Waals surface area contributed by atoms with Crippen LogP contribution in [0, 0.1) is 0 Å². The zero-order valence-corrected chi connectivity index (χ0v) is 11.2. The summed E-state index contributed by atoms with van der Waals surface area (Å²) in [4.78, 5) is 10.5. The molecule has 0 aliphatic carbocycles. The van der Waals surface area contributed by atoms with Gasteiger partial charge < -0.3 is 10.8 Å². The van der Waals surface area contributed by atoms with Crippen molar-refractivity contribution in [2.24, 2.45) is 5.73 Å². The van der Waals surface area contributed by atoms with E-state index < -0.39 is 12.0 Å². The van der Waals surface area contributed by atoms with Crippen molar-refractivity contribution in [2.75, 3.05) is 17.3 Å². The summed E-state index contributed by atoms with van der Waals surface area (Å²) in [5, 5.41) is 8.59. The number of carboxylic acids is 1. The zero-order valence-electron chi connectivity index (χ0n) is 9.54. The second kappa shape index (κ2) is 8.44. The van der Waals surface area contributed by atoms with Crippen molar-refractivity contribution in [1.82, 2.24) is 0 Å². The monoisotopic (exact) mass is 271 g/mol. The average Bonchev–Trinajstić information content (AvgIpc) is 2.34. The maximum atomic E-state index is 10.5. The lowest BCUT2D eigenvalue weighted by Gasteiger charge is -2.05. The second-order valence-corrected chi connectivity index (χ2v) is 5.81. The van der Waals surface area contributed by atoms with Crippen LogP contribution in [-0.4, -0.2) is 34.4 Å². The number of hydrogen-bond donors (Lipinski definition) is 2. The third kappa shape index (κ3) is 6.61. The minimum absolute atomic E-state index is 0.487. The lowest BCUT2D eigenvalue weighted by molar-refractivity contribution is -0.137. The zero-order chi connectivity index (χ0) is 12.5. The van der Waals surface area contributed by atoms with Gasteiger partial charge in [0.2, 0.25) is 0 Å². The fraction of sp³-hybridized carbons (Fsp3) is 0.417. The molecule has 0 saturated heterocycles. The summed E-state index contributed by atoms with van der Waals surface area (Å²) in [5.74, 6) is 2.53. The van der Waals surface area contributed by atoms with Crippen LogP contribution in [0.4, 0.5) is 0 Å². The SMILES string of the molecule is NC(CSCCSCc1ccccc1)C(=O)O. The van der Waals surface area contributed by atoms with Gasteiger partial charge in [-0.1, -0.05) is 30.3 Å². The molecule has 0 amide bonds. The smallest absolute Gasteiger partial charge is 0.321 e. The third-order valence-corrected chi connectivity index (χ3v) is 4.47. The first-order chi connectivity index (χ1) is 8.20. The van der Waals surface area contributed by atoms with Crippen LogP contribution in [0.25, 0.3) is 0 Å². The van der Waals surface area contributed by atoms with Gasteiger partial charge in [-0.05, 0) is 5.56 Å². The Kier molecular flexibility index (Phi) is 7.16. The van der Waals surface area contributed by atoms with Gasteiger partial charge in [0.25, 0.3) is 0 Å². The van der Waals surface area contributed by atoms with Crippen molar-refractivity contribution in [2.45, 2.75) is 11.8 Å². The van der Waals surface area contributed by atoms with Crippen molar-refractivity contribution in [1.29, 1.82) is 0 Å². The molecule has 0 aliphatic heterocycles. The largest absolute Gasteiger partial charge is 0.480 e. The Labute approximate surface area is 110 Å². The lowest BCUT2D eigenvalue weighted by Crippen LogP contribution is -2.32. The Hall–Kier alpha value is -0.650. The molecule has 0 fully saturated rings. The normalized spacial score (nSPS) is 12.3. The molecule has 0 heterocycles. The van der Waals surface area contributed by atoms with Crippen LogP contribution in [0.5, 0.6) is 0 Å². The summed E-state index contributed by atoms with van der Waals surface area (Å²) in [7, 11) is 0. The van der Waals surface area contributed by atoms with Gasteiger partial charge in [-0.25, -0.2) is 0 Å². The van der Waals surface area contributed by atoms with E-state index in [-0.39, 0.29) is 0 Å². The fourth-order valence-corrected chi connectivity index (χ4v) is 3.24. The molecule has 0 saturated carbocycles. The lowest BCUT2D eigenvalue weighted by atomic mass is 10.2. The van der Waals surface area contributed by atoms with Crippen LogP contribution >= 0.6 is 23.5 Å². The molecular formula is C12H17NO2S2. The minimum Gasteiger partial charge on any atom is -0.480 e. The van der Waals surface area contributed by atoms with Crippen molar-refractivity contribution in [3.63, 3.8) is 0 Å². The summed E-state index contributed by atoms with van der Waals surface area (Å²) < 4.78 is 0. The molecule has 0 aromatic heterocycles. The molecule has 1 aromatic rings. The Morgan fingerprint density at radius 3 is 2.53 bits per heavy atom. The van der Waals surface area contributed by atoms with Crippen molar-refractivity contribution in [3.05, 3.63) is 35.9 Å². The first kappa shape index (κ1) is 14.4. The van der Waals surface area contributed by atoms with Crippen molar-refractivity contribution >= 4 is 29.5 Å². The highest BCUT2D eigenvalue weighted by Crippen LogP contribution is 2.14. The van der Waals surface area contributed by atoms with Crippen LogP contribution in [0.2, 0.25) is 0 Å². The van der Waals surface area contributed by atoms with Gasteiger partial charge in [-0.2, -0.15) is 23.5 Å². The van der Waals surface area contributed by atoms with Crippen molar-refractivity contribution < 1.29 is 9.90 Å². The van der Waals surface area contributed by atoms with Gasteiger partial charge >= 0.3 is 5.97 Å². The summed E-state index contributed by atoms with van der Waals surface area (Å²) in [5.41, 5.74) is 6.72. The Bertz CT molecular complexity index is 333. The molecule has 0 radical (unpaired) electrons. The van der Waals surface area contributed by atoms with E-state index in [4.69, 9.17) is 10.8 Å². The number of nitrogens with two attached hydrogens (primary N) is 1. The molecule has 94 valence electrons. The first-order valence-electron chi connectivity index (χ1n) is 5.38. The van der Waals surface area contributed by atoms with Gasteiger partial charge in [0.15, 0.2) is 0 Å². The third-order valence-electron chi connectivity index (χ3n) is 2.10. The van der Waals surface area contributed by atoms with Crippen LogP contribution in [0.1, 0.15) is 5.56 Å². The van der Waals surface area contributed by atoms with Crippen LogP contribution in [-0.2, 0) is 10.5 Å². The van der Waals surface area contributed by atoms with E-state index in [1.165, 1.54) is 5.56 Å². The number of benzene rings is 1. The molecule has 0 bridgehead atoms. The first-order valence-corrected chi connectivity index (χ1v) is 7.69. The van der Waals surface area contributed by atoms with E-state index in [0.717, 1.165) is 17.3 Å². The van der Waals surface area contributed by atoms with Crippen LogP contribution in [0.3, 0.4) is 0 Å². The van der Waals surface area contributed by atoms with E-state index in [1.807, 2.05) is 30.0 Å². The molecule has 3 nitrogen and oxygen atoms in total. The number of carboxylic acid groups (broad SMARTS) is 1. The van der Waals surface area contributed by atoms with E-state index in [0.29, 0.717) is 5.75 Å². The van der Waals surface area contributed by atoms with Crippen LogP contribution < -0.4 is 5.73 Å². The van der Waals surface area contributed by atoms with Gasteiger partial charge in [0.1, 0.15) is 6.04 Å². The summed E-state index contributed by atoms with van der Waals surface area (Å²) in [6.45, 7) is 0. The standard InChI is InChI=1S/C12H17NO2S2/c13-11(12(14)15)9-17-7-6-16-8-10-4-2-1-3-5-10/h1-5,11H,6-9,13H2,(H,14,15). The predicted octanol–water partition coefficient (Wildman–Crippen LogP) is 2.06. The molecular weight excluding hydrogens is 254 g/mol. The fourth-order valence-electron chi connectivity index (χ4n) is 1.16. The van der Waals surface area contributed by atoms with E-state index in [9.17, 15) is 4.79 Å². The highest BCUT2D eigenvalue weighted by Gasteiger charge is 2.10. The van der Waals surface area contributed by atoms with Gasteiger partial charge in [-0.3, -0.25) is 4.79 Å². The molecule has 1 unspecified atom stereocenters. The Morgan fingerprint density at radius 1 is 1.24 bits per heavy atom. The van der Waals surface area contributed by atoms with Crippen molar-refractivity contribution in [3.8, 4) is 0 Å². The molecule has 0 spiro atoms. The van der Waals surface area contributed by atoms with Gasteiger partial charge in [-0.15, -0.1) is 0 Å². The quantitative estimate of drug-likeness (QED) is 0.709. The molecule has 3 N–H and O–H groups in total. The summed E-state index contributed by atoms with van der Waals surface area (Å²) >= 11 is 3.46. The second-order valence-electron chi connectivity index (χ2n) is 3.56. The maximum Gasteiger partial charge on any atom is 0.321 e. The highest BCUT2D eigenvalue weighted by atomic mass is 32.2. The molecule has 0 aliphatic rings. The molecule has 5 heteroatoms. The van der Waals surface area contributed by atoms with E-state index >= 15 is 0 Å². The minimum atomic E-state index is -0.922. The molecule has 1 rings (SSSR count).